The monoisotopic (exact) mass is 316 g/mol. The van der Waals surface area contributed by atoms with Gasteiger partial charge in [-0.2, -0.15) is 0 Å². The summed E-state index contributed by atoms with van der Waals surface area (Å²) in [5.74, 6) is 0.928. The highest BCUT2D eigenvalue weighted by Gasteiger charge is 2.19. The average Bonchev–Trinajstić information content (AvgIpc) is 2.56. The zero-order valence-corrected chi connectivity index (χ0v) is 12.4. The van der Waals surface area contributed by atoms with E-state index in [-0.39, 0.29) is 5.41 Å². The first-order valence-electron chi connectivity index (χ1n) is 5.34. The molecule has 0 unspecified atom stereocenters. The molecule has 0 aliphatic carbocycles. The highest BCUT2D eigenvalue weighted by atomic mass is 79.9. The molecule has 0 spiro atoms. The highest BCUT2D eigenvalue weighted by molar-refractivity contribution is 9.08. The normalized spacial score (nSPS) is 12.3. The summed E-state index contributed by atoms with van der Waals surface area (Å²) < 4.78 is 2.09. The Balaban J connectivity index is 2.63. The Morgan fingerprint density at radius 1 is 1.35 bits per heavy atom. The standard InChI is InChI=1S/C11H14BrClN4/c1-11(2,3)5-17-7(4-12)16-8-9(13)14-6-15-10(8)17/h6H,4-5H2,1-3H3. The Bertz CT molecular complexity index is 544. The van der Waals surface area contributed by atoms with Crippen LogP contribution in [0.1, 0.15) is 26.6 Å². The molecule has 2 rings (SSSR count). The Hall–Kier alpha value is -0.680. The molecule has 0 N–H and O–H groups in total. The summed E-state index contributed by atoms with van der Waals surface area (Å²) in [6.07, 6.45) is 1.48. The molecule has 0 aliphatic heterocycles. The first-order chi connectivity index (χ1) is 7.92. The Morgan fingerprint density at radius 3 is 2.65 bits per heavy atom. The van der Waals surface area contributed by atoms with Crippen LogP contribution in [0.3, 0.4) is 0 Å². The van der Waals surface area contributed by atoms with Crippen LogP contribution in [0.25, 0.3) is 11.2 Å². The van der Waals surface area contributed by atoms with Crippen molar-refractivity contribution in [1.82, 2.24) is 19.5 Å². The predicted molar refractivity (Wildman–Crippen MR) is 72.4 cm³/mol. The van der Waals surface area contributed by atoms with Crippen LogP contribution in [0.4, 0.5) is 0 Å². The second kappa shape index (κ2) is 4.53. The minimum absolute atomic E-state index is 0.155. The van der Waals surface area contributed by atoms with Gasteiger partial charge in [-0.05, 0) is 5.41 Å². The van der Waals surface area contributed by atoms with Crippen molar-refractivity contribution in [2.75, 3.05) is 0 Å². The Morgan fingerprint density at radius 2 is 2.06 bits per heavy atom. The molecular weight excluding hydrogens is 304 g/mol. The van der Waals surface area contributed by atoms with E-state index in [0.29, 0.717) is 16.0 Å². The SMILES string of the molecule is CC(C)(C)Cn1c(CBr)nc2c(Cl)ncnc21. The van der Waals surface area contributed by atoms with Gasteiger partial charge in [-0.25, -0.2) is 15.0 Å². The largest absolute Gasteiger partial charge is 0.311 e. The molecule has 92 valence electrons. The average molecular weight is 318 g/mol. The number of halogens is 2. The molecule has 0 saturated heterocycles. The lowest BCUT2D eigenvalue weighted by atomic mass is 9.97. The molecule has 0 bridgehead atoms. The molecule has 0 amide bonds. The van der Waals surface area contributed by atoms with Gasteiger partial charge in [0.25, 0.3) is 0 Å². The van der Waals surface area contributed by atoms with Crippen LogP contribution in [0.2, 0.25) is 5.15 Å². The third kappa shape index (κ3) is 2.60. The fourth-order valence-corrected chi connectivity index (χ4v) is 2.30. The van der Waals surface area contributed by atoms with Gasteiger partial charge in [-0.1, -0.05) is 48.3 Å². The second-order valence-corrected chi connectivity index (χ2v) is 6.06. The highest BCUT2D eigenvalue weighted by Crippen LogP contribution is 2.25. The first kappa shape index (κ1) is 12.8. The number of nitrogens with zero attached hydrogens (tertiary/aromatic N) is 4. The third-order valence-corrected chi connectivity index (χ3v) is 3.10. The number of hydrogen-bond donors (Lipinski definition) is 0. The summed E-state index contributed by atoms with van der Waals surface area (Å²) in [7, 11) is 0. The lowest BCUT2D eigenvalue weighted by molar-refractivity contribution is 0.344. The summed E-state index contributed by atoms with van der Waals surface area (Å²) in [5.41, 5.74) is 1.63. The zero-order valence-electron chi connectivity index (χ0n) is 10.0. The summed E-state index contributed by atoms with van der Waals surface area (Å²) >= 11 is 9.47. The maximum Gasteiger partial charge on any atom is 0.165 e. The van der Waals surface area contributed by atoms with Crippen LogP contribution >= 0.6 is 27.5 Å². The molecular formula is C11H14BrClN4. The number of fused-ring (bicyclic) bond motifs is 1. The van der Waals surface area contributed by atoms with Crippen molar-refractivity contribution >= 4 is 38.7 Å². The number of rotatable bonds is 2. The van der Waals surface area contributed by atoms with E-state index < -0.39 is 0 Å². The molecule has 0 aromatic carbocycles. The predicted octanol–water partition coefficient (Wildman–Crippen LogP) is 3.42. The van der Waals surface area contributed by atoms with E-state index in [1.165, 1.54) is 6.33 Å². The van der Waals surface area contributed by atoms with Gasteiger partial charge in [0.1, 0.15) is 17.7 Å². The van der Waals surface area contributed by atoms with Crippen molar-refractivity contribution in [3.63, 3.8) is 0 Å². The summed E-state index contributed by atoms with van der Waals surface area (Å²) in [5, 5.41) is 1.08. The molecule has 0 aliphatic rings. The van der Waals surface area contributed by atoms with Gasteiger partial charge < -0.3 is 4.57 Å². The van der Waals surface area contributed by atoms with Crippen molar-refractivity contribution in [3.05, 3.63) is 17.3 Å². The Kier molecular flexibility index (Phi) is 3.41. The van der Waals surface area contributed by atoms with Crippen molar-refractivity contribution in [3.8, 4) is 0 Å². The quantitative estimate of drug-likeness (QED) is 0.629. The van der Waals surface area contributed by atoms with Crippen molar-refractivity contribution < 1.29 is 0 Å². The second-order valence-electron chi connectivity index (χ2n) is 5.15. The van der Waals surface area contributed by atoms with E-state index >= 15 is 0 Å². The molecule has 0 fully saturated rings. The summed E-state index contributed by atoms with van der Waals surface area (Å²) in [4.78, 5) is 12.7. The lowest BCUT2D eigenvalue weighted by Crippen LogP contribution is -2.17. The van der Waals surface area contributed by atoms with Gasteiger partial charge in [0.2, 0.25) is 0 Å². The van der Waals surface area contributed by atoms with E-state index in [9.17, 15) is 0 Å². The number of alkyl halides is 1. The topological polar surface area (TPSA) is 43.6 Å². The van der Waals surface area contributed by atoms with Gasteiger partial charge in [0.15, 0.2) is 10.8 Å². The van der Waals surface area contributed by atoms with E-state index in [4.69, 9.17) is 11.6 Å². The maximum absolute atomic E-state index is 6.03. The Labute approximate surface area is 114 Å². The van der Waals surface area contributed by atoms with Crippen molar-refractivity contribution in [2.45, 2.75) is 32.6 Å². The molecule has 0 radical (unpaired) electrons. The minimum Gasteiger partial charge on any atom is -0.311 e. The summed E-state index contributed by atoms with van der Waals surface area (Å²) in [6, 6.07) is 0. The van der Waals surface area contributed by atoms with Crippen LogP contribution in [-0.4, -0.2) is 19.5 Å². The van der Waals surface area contributed by atoms with Crippen LogP contribution in [0.5, 0.6) is 0 Å². The van der Waals surface area contributed by atoms with Crippen LogP contribution in [0.15, 0.2) is 6.33 Å². The molecule has 2 aromatic heterocycles. The van der Waals surface area contributed by atoms with Gasteiger partial charge in [-0.3, -0.25) is 0 Å². The van der Waals surface area contributed by atoms with E-state index in [0.717, 1.165) is 18.0 Å². The summed E-state index contributed by atoms with van der Waals surface area (Å²) in [6.45, 7) is 7.39. The smallest absolute Gasteiger partial charge is 0.165 e. The van der Waals surface area contributed by atoms with Gasteiger partial charge in [0.05, 0.1) is 5.33 Å². The van der Waals surface area contributed by atoms with Crippen molar-refractivity contribution in [2.24, 2.45) is 5.41 Å². The maximum atomic E-state index is 6.03. The molecule has 2 aromatic rings. The molecule has 0 saturated carbocycles. The molecule has 0 atom stereocenters. The number of hydrogen-bond acceptors (Lipinski definition) is 3. The van der Waals surface area contributed by atoms with Gasteiger partial charge in [0, 0.05) is 6.54 Å². The number of aromatic nitrogens is 4. The molecule has 2 heterocycles. The van der Waals surface area contributed by atoms with E-state index in [1.54, 1.807) is 0 Å². The molecule has 6 heteroatoms. The van der Waals surface area contributed by atoms with Gasteiger partial charge >= 0.3 is 0 Å². The third-order valence-electron chi connectivity index (χ3n) is 2.32. The fraction of sp³-hybridized carbons (Fsp3) is 0.545. The molecule has 4 nitrogen and oxygen atoms in total. The minimum atomic E-state index is 0.155. The van der Waals surface area contributed by atoms with E-state index in [2.05, 4.69) is 56.2 Å². The van der Waals surface area contributed by atoms with Crippen LogP contribution in [0, 0.1) is 5.41 Å². The van der Waals surface area contributed by atoms with Crippen molar-refractivity contribution in [1.29, 1.82) is 0 Å². The fourth-order valence-electron chi connectivity index (χ4n) is 1.70. The van der Waals surface area contributed by atoms with Gasteiger partial charge in [-0.15, -0.1) is 0 Å². The number of imidazole rings is 1. The first-order valence-corrected chi connectivity index (χ1v) is 6.84. The van der Waals surface area contributed by atoms with Crippen LogP contribution in [-0.2, 0) is 11.9 Å². The molecule has 17 heavy (non-hydrogen) atoms. The van der Waals surface area contributed by atoms with Crippen LogP contribution < -0.4 is 0 Å². The van der Waals surface area contributed by atoms with E-state index in [1.807, 2.05) is 0 Å². The zero-order chi connectivity index (χ0) is 12.6. The lowest BCUT2D eigenvalue weighted by Gasteiger charge is -2.20.